The average Bonchev–Trinajstić information content (AvgIpc) is 2.27. The number of hydrogen-bond donors (Lipinski definition) is 4. The molecule has 0 rings (SSSR count). The number of carboxylic acid groups (broad SMARTS) is 1. The summed E-state index contributed by atoms with van der Waals surface area (Å²) in [5.41, 5.74) is 0. The second kappa shape index (κ2) is 8.32. The Balaban J connectivity index is 4.03. The van der Waals surface area contributed by atoms with Crippen LogP contribution in [0.5, 0.6) is 0 Å². The van der Waals surface area contributed by atoms with Crippen molar-refractivity contribution in [2.24, 2.45) is 5.92 Å². The minimum atomic E-state index is -1.06. The molecule has 0 aromatic carbocycles. The molecular weight excluding hydrogens is 238 g/mol. The van der Waals surface area contributed by atoms with Crippen molar-refractivity contribution in [1.29, 1.82) is 0 Å². The first kappa shape index (κ1) is 16.2. The van der Waals surface area contributed by atoms with Crippen molar-refractivity contribution in [3.63, 3.8) is 0 Å². The van der Waals surface area contributed by atoms with Gasteiger partial charge in [0.05, 0.1) is 0 Å². The molecule has 7 heteroatoms. The zero-order chi connectivity index (χ0) is 14.1. The molecule has 0 saturated heterocycles. The molecule has 0 spiro atoms. The lowest BCUT2D eigenvalue weighted by atomic mass is 10.0. The molecule has 0 bridgehead atoms. The molecule has 3 amide bonds. The number of carbonyl (C=O) groups is 3. The number of hydrogen-bond acceptors (Lipinski definition) is 3. The van der Waals surface area contributed by atoms with E-state index in [4.69, 9.17) is 5.11 Å². The maximum atomic E-state index is 11.4. The van der Waals surface area contributed by atoms with Crippen LogP contribution in [0, 0.1) is 5.92 Å². The van der Waals surface area contributed by atoms with Crippen LogP contribution in [-0.2, 0) is 9.59 Å². The minimum absolute atomic E-state index is 0.159. The summed E-state index contributed by atoms with van der Waals surface area (Å²) in [6.45, 7) is 3.92. The van der Waals surface area contributed by atoms with Gasteiger partial charge in [-0.25, -0.2) is 9.59 Å². The molecule has 0 fully saturated rings. The molecule has 18 heavy (non-hydrogen) atoms. The van der Waals surface area contributed by atoms with Gasteiger partial charge in [0.15, 0.2) is 0 Å². The Morgan fingerprint density at radius 2 is 1.83 bits per heavy atom. The largest absolute Gasteiger partial charge is 0.480 e. The standard InChI is InChI=1S/C11H21N3O4/c1-7(2)6-8(10(16)17)14-11(18)13-5-4-9(15)12-3/h7-8H,4-6H2,1-3H3,(H,12,15)(H,16,17)(H2,13,14,18). The van der Waals surface area contributed by atoms with Crippen LogP contribution in [0.4, 0.5) is 4.79 Å². The Hall–Kier alpha value is -1.79. The lowest BCUT2D eigenvalue weighted by Crippen LogP contribution is -2.47. The number of aliphatic carboxylic acids is 1. The van der Waals surface area contributed by atoms with Crippen molar-refractivity contribution >= 4 is 17.9 Å². The van der Waals surface area contributed by atoms with Crippen LogP contribution < -0.4 is 16.0 Å². The van der Waals surface area contributed by atoms with Gasteiger partial charge in [-0.15, -0.1) is 0 Å². The lowest BCUT2D eigenvalue weighted by Gasteiger charge is -2.16. The van der Waals surface area contributed by atoms with E-state index in [0.717, 1.165) is 0 Å². The molecule has 0 saturated carbocycles. The Bertz CT molecular complexity index is 305. The summed E-state index contributed by atoms with van der Waals surface area (Å²) < 4.78 is 0. The van der Waals surface area contributed by atoms with E-state index in [-0.39, 0.29) is 24.8 Å². The molecule has 0 aromatic rings. The molecule has 1 atom stereocenters. The number of nitrogens with one attached hydrogen (secondary N) is 3. The topological polar surface area (TPSA) is 108 Å². The molecule has 0 aromatic heterocycles. The van der Waals surface area contributed by atoms with Gasteiger partial charge in [-0.3, -0.25) is 4.79 Å². The van der Waals surface area contributed by atoms with Crippen molar-refractivity contribution in [2.45, 2.75) is 32.7 Å². The van der Waals surface area contributed by atoms with E-state index in [2.05, 4.69) is 16.0 Å². The second-order valence-electron chi connectivity index (χ2n) is 4.34. The second-order valence-corrected chi connectivity index (χ2v) is 4.34. The van der Waals surface area contributed by atoms with Gasteiger partial charge in [0, 0.05) is 20.0 Å². The quantitative estimate of drug-likeness (QED) is 0.513. The summed E-state index contributed by atoms with van der Waals surface area (Å²) in [5.74, 6) is -1.09. The predicted molar refractivity (Wildman–Crippen MR) is 66.1 cm³/mol. The highest BCUT2D eigenvalue weighted by molar-refractivity contribution is 5.83. The van der Waals surface area contributed by atoms with E-state index in [9.17, 15) is 14.4 Å². The van der Waals surface area contributed by atoms with Gasteiger partial charge in [0.25, 0.3) is 0 Å². The number of urea groups is 1. The van der Waals surface area contributed by atoms with Crippen LogP contribution in [0.3, 0.4) is 0 Å². The van der Waals surface area contributed by atoms with Crippen LogP contribution in [-0.4, -0.2) is 42.6 Å². The van der Waals surface area contributed by atoms with E-state index < -0.39 is 18.0 Å². The summed E-state index contributed by atoms with van der Waals surface area (Å²) >= 11 is 0. The SMILES string of the molecule is CNC(=O)CCNC(=O)NC(CC(C)C)C(=O)O. The van der Waals surface area contributed by atoms with E-state index in [1.165, 1.54) is 7.05 Å². The summed E-state index contributed by atoms with van der Waals surface area (Å²) in [5, 5.41) is 16.1. The average molecular weight is 259 g/mol. The first-order valence-corrected chi connectivity index (χ1v) is 5.84. The van der Waals surface area contributed by atoms with E-state index >= 15 is 0 Å². The molecule has 1 unspecified atom stereocenters. The number of carboxylic acids is 1. The van der Waals surface area contributed by atoms with Crippen LogP contribution in [0.2, 0.25) is 0 Å². The predicted octanol–water partition coefficient (Wildman–Crippen LogP) is -0.0790. The molecule has 0 aliphatic rings. The van der Waals surface area contributed by atoms with Crippen LogP contribution in [0.15, 0.2) is 0 Å². The van der Waals surface area contributed by atoms with Gasteiger partial charge >= 0.3 is 12.0 Å². The summed E-state index contributed by atoms with van der Waals surface area (Å²) in [7, 11) is 1.51. The third-order valence-corrected chi connectivity index (χ3v) is 2.23. The molecule has 0 heterocycles. The Kier molecular flexibility index (Phi) is 7.50. The van der Waals surface area contributed by atoms with Crippen LogP contribution in [0.25, 0.3) is 0 Å². The number of amides is 3. The maximum Gasteiger partial charge on any atom is 0.326 e. The smallest absolute Gasteiger partial charge is 0.326 e. The first-order chi connectivity index (χ1) is 8.36. The van der Waals surface area contributed by atoms with E-state index in [0.29, 0.717) is 6.42 Å². The Morgan fingerprint density at radius 3 is 2.28 bits per heavy atom. The van der Waals surface area contributed by atoms with Gasteiger partial charge in [0.2, 0.25) is 5.91 Å². The van der Waals surface area contributed by atoms with Crippen molar-refractivity contribution < 1.29 is 19.5 Å². The lowest BCUT2D eigenvalue weighted by molar-refractivity contribution is -0.139. The highest BCUT2D eigenvalue weighted by Crippen LogP contribution is 2.04. The fraction of sp³-hybridized carbons (Fsp3) is 0.727. The van der Waals surface area contributed by atoms with Crippen LogP contribution >= 0.6 is 0 Å². The Labute approximate surface area is 106 Å². The van der Waals surface area contributed by atoms with Crippen LogP contribution in [0.1, 0.15) is 26.7 Å². The van der Waals surface area contributed by atoms with Gasteiger partial charge in [-0.05, 0) is 12.3 Å². The number of rotatable bonds is 7. The van der Waals surface area contributed by atoms with Gasteiger partial charge in [-0.1, -0.05) is 13.8 Å². The minimum Gasteiger partial charge on any atom is -0.480 e. The summed E-state index contributed by atoms with van der Waals surface area (Å²) in [6, 6.07) is -1.49. The first-order valence-electron chi connectivity index (χ1n) is 5.84. The van der Waals surface area contributed by atoms with Gasteiger partial charge in [-0.2, -0.15) is 0 Å². The molecule has 7 nitrogen and oxygen atoms in total. The highest BCUT2D eigenvalue weighted by atomic mass is 16.4. The third kappa shape index (κ3) is 7.48. The maximum absolute atomic E-state index is 11.4. The van der Waals surface area contributed by atoms with Crippen molar-refractivity contribution in [1.82, 2.24) is 16.0 Å². The highest BCUT2D eigenvalue weighted by Gasteiger charge is 2.20. The molecule has 0 aliphatic heterocycles. The zero-order valence-corrected chi connectivity index (χ0v) is 10.9. The normalized spacial score (nSPS) is 11.8. The molecule has 104 valence electrons. The Morgan fingerprint density at radius 1 is 1.22 bits per heavy atom. The molecular formula is C11H21N3O4. The van der Waals surface area contributed by atoms with Crippen molar-refractivity contribution in [2.75, 3.05) is 13.6 Å². The molecule has 0 aliphatic carbocycles. The summed E-state index contributed by atoms with van der Waals surface area (Å²) in [6.07, 6.45) is 0.518. The monoisotopic (exact) mass is 259 g/mol. The van der Waals surface area contributed by atoms with Gasteiger partial charge < -0.3 is 21.1 Å². The van der Waals surface area contributed by atoms with E-state index in [1.54, 1.807) is 0 Å². The van der Waals surface area contributed by atoms with E-state index in [1.807, 2.05) is 13.8 Å². The zero-order valence-electron chi connectivity index (χ0n) is 10.9. The fourth-order valence-electron chi connectivity index (χ4n) is 1.32. The fourth-order valence-corrected chi connectivity index (χ4v) is 1.32. The van der Waals surface area contributed by atoms with Crippen molar-refractivity contribution in [3.05, 3.63) is 0 Å². The molecule has 4 N–H and O–H groups in total. The molecule has 0 radical (unpaired) electrons. The number of carbonyl (C=O) groups excluding carboxylic acids is 2. The van der Waals surface area contributed by atoms with Crippen molar-refractivity contribution in [3.8, 4) is 0 Å². The van der Waals surface area contributed by atoms with Gasteiger partial charge in [0.1, 0.15) is 6.04 Å². The third-order valence-electron chi connectivity index (χ3n) is 2.23. The summed E-state index contributed by atoms with van der Waals surface area (Å²) in [4.78, 5) is 33.2.